The molecule has 9 N–H and O–H groups in total. The van der Waals surface area contributed by atoms with Gasteiger partial charge in [-0.2, -0.15) is 0 Å². The minimum atomic E-state index is -0.395. The molecule has 1 aliphatic rings. The van der Waals surface area contributed by atoms with E-state index in [2.05, 4.69) is 15.6 Å². The Morgan fingerprint density at radius 3 is 2.66 bits per heavy atom. The van der Waals surface area contributed by atoms with Crippen LogP contribution in [0.25, 0.3) is 5.70 Å². The predicted molar refractivity (Wildman–Crippen MR) is 137 cm³/mol. The van der Waals surface area contributed by atoms with Crippen molar-refractivity contribution in [3.05, 3.63) is 83.5 Å². The average molecular weight is 479 g/mol. The Hall–Kier alpha value is -3.89. The van der Waals surface area contributed by atoms with Gasteiger partial charge in [-0.25, -0.2) is 10.6 Å². The summed E-state index contributed by atoms with van der Waals surface area (Å²) in [5.74, 6) is 5.94. The van der Waals surface area contributed by atoms with Gasteiger partial charge < -0.3 is 37.3 Å². The van der Waals surface area contributed by atoms with Gasteiger partial charge in [-0.15, -0.1) is 0 Å². The topological polar surface area (TPSA) is 168 Å². The number of hydrogen-bond acceptors (Lipinski definition) is 9. The molecule has 1 aromatic carbocycles. The molecule has 1 amide bonds. The Bertz CT molecular complexity index is 1020. The van der Waals surface area contributed by atoms with Gasteiger partial charge in [-0.3, -0.25) is 4.98 Å². The van der Waals surface area contributed by atoms with Gasteiger partial charge in [-0.1, -0.05) is 24.3 Å². The molecule has 0 bridgehead atoms. The first-order chi connectivity index (χ1) is 17.0. The highest BCUT2D eigenvalue weighted by molar-refractivity contribution is 5.76. The zero-order chi connectivity index (χ0) is 25.0. The third-order valence-corrected chi connectivity index (χ3v) is 5.79. The van der Waals surface area contributed by atoms with Gasteiger partial charge in [0.25, 0.3) is 0 Å². The van der Waals surface area contributed by atoms with Crippen molar-refractivity contribution in [3.8, 4) is 0 Å². The van der Waals surface area contributed by atoms with Crippen LogP contribution >= 0.6 is 0 Å². The number of nitrogens with two attached hydrogens (primary N) is 3. The molecular formula is C25H34N8O2. The largest absolute Gasteiger partial charge is 0.445 e. The van der Waals surface area contributed by atoms with E-state index < -0.39 is 6.09 Å². The summed E-state index contributed by atoms with van der Waals surface area (Å²) in [5, 5.41) is 14.9. The number of nitrogens with one attached hydrogen (secondary N) is 3. The second-order valence-electron chi connectivity index (χ2n) is 8.37. The SMILES string of the molecule is N=C/C(=C\N)CN(N)/C=C(\N)c1ccc(CC2NCCC2OC(=O)NCCc2ccncc2)cc1. The van der Waals surface area contributed by atoms with Crippen LogP contribution in [-0.4, -0.2) is 54.1 Å². The third kappa shape index (κ3) is 8.13. The number of hydrogen-bond donors (Lipinski definition) is 6. The number of hydrazine groups is 1. The number of ether oxygens (including phenoxy) is 1. The molecule has 2 aromatic rings. The molecule has 1 saturated heterocycles. The van der Waals surface area contributed by atoms with Gasteiger partial charge in [0, 0.05) is 49.2 Å². The highest BCUT2D eigenvalue weighted by atomic mass is 16.6. The van der Waals surface area contributed by atoms with Crippen molar-refractivity contribution in [2.24, 2.45) is 17.3 Å². The van der Waals surface area contributed by atoms with Crippen LogP contribution in [0.2, 0.25) is 0 Å². The van der Waals surface area contributed by atoms with E-state index in [0.29, 0.717) is 17.8 Å². The van der Waals surface area contributed by atoms with Crippen molar-refractivity contribution in [2.75, 3.05) is 19.6 Å². The van der Waals surface area contributed by atoms with Crippen LogP contribution in [0.15, 0.2) is 66.8 Å². The van der Waals surface area contributed by atoms with Crippen molar-refractivity contribution in [1.82, 2.24) is 20.6 Å². The smallest absolute Gasteiger partial charge is 0.407 e. The van der Waals surface area contributed by atoms with Crippen LogP contribution in [-0.2, 0) is 17.6 Å². The summed E-state index contributed by atoms with van der Waals surface area (Å²) in [6.07, 6.45) is 9.22. The summed E-state index contributed by atoms with van der Waals surface area (Å²) in [7, 11) is 0. The van der Waals surface area contributed by atoms with E-state index in [9.17, 15) is 4.79 Å². The number of alkyl carbamates (subject to hydrolysis) is 1. The summed E-state index contributed by atoms with van der Waals surface area (Å²) >= 11 is 0. The lowest BCUT2D eigenvalue weighted by Crippen LogP contribution is -2.38. The van der Waals surface area contributed by atoms with E-state index in [1.165, 1.54) is 11.2 Å². The molecule has 1 aliphatic heterocycles. The van der Waals surface area contributed by atoms with Gasteiger partial charge in [0.2, 0.25) is 0 Å². The van der Waals surface area contributed by atoms with Crippen molar-refractivity contribution >= 4 is 18.0 Å². The van der Waals surface area contributed by atoms with Gasteiger partial charge >= 0.3 is 6.09 Å². The fourth-order valence-corrected chi connectivity index (χ4v) is 3.87. The first kappa shape index (κ1) is 25.7. The van der Waals surface area contributed by atoms with E-state index in [1.807, 2.05) is 36.4 Å². The van der Waals surface area contributed by atoms with Crippen molar-refractivity contribution in [3.63, 3.8) is 0 Å². The zero-order valence-electron chi connectivity index (χ0n) is 19.7. The minimum absolute atomic E-state index is 0.0433. The summed E-state index contributed by atoms with van der Waals surface area (Å²) in [6, 6.07) is 11.8. The number of nitrogens with zero attached hydrogens (tertiary/aromatic N) is 2. The number of carbonyl (C=O) groups is 1. The normalized spacial score (nSPS) is 18.2. The number of aromatic nitrogens is 1. The Labute approximate surface area is 205 Å². The van der Waals surface area contributed by atoms with E-state index in [1.54, 1.807) is 18.6 Å². The number of carbonyl (C=O) groups excluding carboxylic acids is 1. The molecule has 1 fully saturated rings. The maximum absolute atomic E-state index is 12.3. The summed E-state index contributed by atoms with van der Waals surface area (Å²) < 4.78 is 5.69. The monoisotopic (exact) mass is 478 g/mol. The standard InChI is InChI=1S/C25H34N8O2/c26-14-20(15-27)16-33(29)17-22(28)21-3-1-19(2-4-21)13-23-24(8-12-31-23)35-25(34)32-11-7-18-5-9-30-10-6-18/h1-6,9-10,14-15,17,23-24,26,31H,7-8,11-13,16,27-29H2,(H,32,34)/b20-15+,22-17-,26-14?. The second-order valence-corrected chi connectivity index (χ2v) is 8.37. The Morgan fingerprint density at radius 2 is 1.97 bits per heavy atom. The Morgan fingerprint density at radius 1 is 1.23 bits per heavy atom. The molecule has 0 spiro atoms. The van der Waals surface area contributed by atoms with Gasteiger partial charge in [0.1, 0.15) is 6.10 Å². The van der Waals surface area contributed by atoms with Crippen molar-refractivity contribution in [2.45, 2.75) is 31.4 Å². The lowest BCUT2D eigenvalue weighted by atomic mass is 10.0. The number of amides is 1. The highest BCUT2D eigenvalue weighted by Gasteiger charge is 2.30. The lowest BCUT2D eigenvalue weighted by molar-refractivity contribution is 0.0902. The molecule has 2 atom stereocenters. The van der Waals surface area contributed by atoms with Gasteiger partial charge in [0.05, 0.1) is 12.2 Å². The molecule has 1 aromatic heterocycles. The molecule has 10 nitrogen and oxygen atoms in total. The quantitative estimate of drug-likeness (QED) is 0.159. The summed E-state index contributed by atoms with van der Waals surface area (Å²) in [4.78, 5) is 16.3. The molecule has 2 unspecified atom stereocenters. The molecule has 0 saturated carbocycles. The maximum atomic E-state index is 12.3. The maximum Gasteiger partial charge on any atom is 0.407 e. The number of pyridine rings is 1. The van der Waals surface area contributed by atoms with E-state index in [-0.39, 0.29) is 18.7 Å². The lowest BCUT2D eigenvalue weighted by Gasteiger charge is -2.20. The predicted octanol–water partition coefficient (Wildman–Crippen LogP) is 1.25. The minimum Gasteiger partial charge on any atom is -0.445 e. The Kier molecular flexibility index (Phi) is 9.64. The fraction of sp³-hybridized carbons (Fsp3) is 0.320. The van der Waals surface area contributed by atoms with Crippen LogP contribution in [0.3, 0.4) is 0 Å². The van der Waals surface area contributed by atoms with Crippen molar-refractivity contribution < 1.29 is 9.53 Å². The molecular weight excluding hydrogens is 444 g/mol. The van der Waals surface area contributed by atoms with E-state index in [0.717, 1.165) is 48.7 Å². The molecule has 186 valence electrons. The van der Waals surface area contributed by atoms with E-state index >= 15 is 0 Å². The van der Waals surface area contributed by atoms with E-state index in [4.69, 9.17) is 27.5 Å². The van der Waals surface area contributed by atoms with Gasteiger partial charge in [-0.05, 0) is 54.6 Å². The first-order valence-electron chi connectivity index (χ1n) is 11.5. The molecule has 0 aliphatic carbocycles. The summed E-state index contributed by atoms with van der Waals surface area (Å²) in [5.41, 5.74) is 15.8. The Balaban J connectivity index is 1.48. The van der Waals surface area contributed by atoms with Crippen LogP contribution < -0.4 is 27.9 Å². The van der Waals surface area contributed by atoms with Crippen molar-refractivity contribution in [1.29, 1.82) is 5.41 Å². The zero-order valence-corrected chi connectivity index (χ0v) is 19.7. The van der Waals surface area contributed by atoms with Crippen LogP contribution in [0.1, 0.15) is 23.1 Å². The molecule has 10 heteroatoms. The molecule has 2 heterocycles. The van der Waals surface area contributed by atoms with Crippen LogP contribution in [0, 0.1) is 5.41 Å². The van der Waals surface area contributed by atoms with Gasteiger partial charge in [0.15, 0.2) is 0 Å². The molecule has 3 rings (SSSR count). The first-order valence-corrected chi connectivity index (χ1v) is 11.5. The fourth-order valence-electron chi connectivity index (χ4n) is 3.87. The highest BCUT2D eigenvalue weighted by Crippen LogP contribution is 2.18. The molecule has 0 radical (unpaired) electrons. The molecule has 35 heavy (non-hydrogen) atoms. The van der Waals surface area contributed by atoms with Crippen LogP contribution in [0.4, 0.5) is 4.79 Å². The average Bonchev–Trinajstić information content (AvgIpc) is 3.29. The van der Waals surface area contributed by atoms with Crippen LogP contribution in [0.5, 0.6) is 0 Å². The number of benzene rings is 1. The number of rotatable bonds is 11. The third-order valence-electron chi connectivity index (χ3n) is 5.79. The second kappa shape index (κ2) is 13.1. The summed E-state index contributed by atoms with van der Waals surface area (Å²) in [6.45, 7) is 1.59.